The summed E-state index contributed by atoms with van der Waals surface area (Å²) in [6.07, 6.45) is 1.77. The first-order chi connectivity index (χ1) is 29.7. The molecule has 3 aliphatic rings. The maximum absolute atomic E-state index is 15.0. The minimum atomic E-state index is -1.53. The van der Waals surface area contributed by atoms with E-state index in [0.29, 0.717) is 19.3 Å². The Balaban J connectivity index is 1.91. The number of aliphatic carboxylic acids is 1. The van der Waals surface area contributed by atoms with Crippen molar-refractivity contribution in [3.8, 4) is 0 Å². The van der Waals surface area contributed by atoms with Gasteiger partial charge >= 0.3 is 5.97 Å². The van der Waals surface area contributed by atoms with Gasteiger partial charge in [0.1, 0.15) is 42.7 Å². The van der Waals surface area contributed by atoms with Crippen LogP contribution in [0.2, 0.25) is 0 Å². The van der Waals surface area contributed by atoms with Gasteiger partial charge in [0, 0.05) is 44.2 Å². The number of rotatable bonds is 26. The van der Waals surface area contributed by atoms with Gasteiger partial charge in [-0.05, 0) is 57.8 Å². The van der Waals surface area contributed by atoms with E-state index in [-0.39, 0.29) is 68.5 Å². The lowest BCUT2D eigenvalue weighted by Crippen LogP contribution is -2.64. The topological polar surface area (TPSA) is 290 Å². The number of carbonyl (C=O) groups is 9. The standard InChI is InChI=1S/C42H69N7O12S2/c1-7-11-28(35(55)40(60)43-21-32(53)54)45-38(58)31-20-42(62-18-19-63-42)22-49(31)41(61)34(27-12-9-8-10-13-27)48-39(59)33(23(2)3)47-37(57)30(17-15-25(5)51)46-36(56)29(44-26(6)52)16-14-24(4)50/h23,27-31,33-34,37,39,47-48,57,59H,7-22H2,1-6H3,(H,43,60)(H,44,52)(H,45,58)(H,46,56)(H,53,54)/t28?,29?,30?,31-,33?,34?,37+,39-/m0/s1. The summed E-state index contributed by atoms with van der Waals surface area (Å²) >= 11 is 3.30. The van der Waals surface area contributed by atoms with Crippen molar-refractivity contribution in [1.82, 2.24) is 36.8 Å². The molecular weight excluding hydrogens is 859 g/mol. The Bertz CT molecular complexity index is 1640. The molecule has 2 heterocycles. The summed E-state index contributed by atoms with van der Waals surface area (Å²) in [5.74, 6) is -5.10. The van der Waals surface area contributed by atoms with Gasteiger partial charge in [0.05, 0.1) is 28.2 Å². The molecule has 0 radical (unpaired) electrons. The van der Waals surface area contributed by atoms with Gasteiger partial charge in [-0.3, -0.25) is 44.2 Å². The number of likely N-dealkylation sites (tertiary alicyclic amines) is 1. The van der Waals surface area contributed by atoms with Gasteiger partial charge in [0.15, 0.2) is 0 Å². The van der Waals surface area contributed by atoms with E-state index in [9.17, 15) is 48.6 Å². The smallest absolute Gasteiger partial charge is 0.322 e. The highest BCUT2D eigenvalue weighted by molar-refractivity contribution is 8.21. The lowest BCUT2D eigenvalue weighted by Gasteiger charge is -2.39. The molecule has 0 bridgehead atoms. The van der Waals surface area contributed by atoms with Crippen LogP contribution in [0.1, 0.15) is 119 Å². The van der Waals surface area contributed by atoms with Crippen LogP contribution in [-0.4, -0.2) is 150 Å². The van der Waals surface area contributed by atoms with Gasteiger partial charge in [0.25, 0.3) is 5.91 Å². The highest BCUT2D eigenvalue weighted by atomic mass is 32.2. The molecule has 2 saturated heterocycles. The fourth-order valence-electron chi connectivity index (χ4n) is 8.35. The molecule has 1 spiro atoms. The number of nitrogens with zero attached hydrogens (tertiary/aromatic N) is 1. The second-order valence-corrected chi connectivity index (χ2v) is 20.5. The van der Waals surface area contributed by atoms with Crippen LogP contribution in [0.5, 0.6) is 0 Å². The third-order valence-electron chi connectivity index (χ3n) is 11.7. The van der Waals surface area contributed by atoms with Crippen molar-refractivity contribution in [1.29, 1.82) is 0 Å². The highest BCUT2D eigenvalue weighted by Gasteiger charge is 2.53. The average molecular weight is 928 g/mol. The van der Waals surface area contributed by atoms with Gasteiger partial charge in [-0.2, -0.15) is 0 Å². The number of thioether (sulfide) groups is 2. The van der Waals surface area contributed by atoms with Gasteiger partial charge in [-0.25, -0.2) is 0 Å². The van der Waals surface area contributed by atoms with E-state index >= 15 is 4.79 Å². The molecule has 21 heteroatoms. The molecule has 3 fully saturated rings. The van der Waals surface area contributed by atoms with Gasteiger partial charge in [0.2, 0.25) is 29.4 Å². The Labute approximate surface area is 378 Å². The minimum absolute atomic E-state index is 0.000166. The van der Waals surface area contributed by atoms with Crippen LogP contribution in [0.25, 0.3) is 0 Å². The zero-order valence-electron chi connectivity index (χ0n) is 37.4. The Morgan fingerprint density at radius 2 is 1.40 bits per heavy atom. The Morgan fingerprint density at radius 3 is 1.95 bits per heavy atom. The summed E-state index contributed by atoms with van der Waals surface area (Å²) < 4.78 is -0.507. The third kappa shape index (κ3) is 16.7. The maximum atomic E-state index is 15.0. The average Bonchev–Trinajstić information content (AvgIpc) is 3.86. The van der Waals surface area contributed by atoms with E-state index in [0.717, 1.165) is 30.8 Å². The van der Waals surface area contributed by atoms with Crippen molar-refractivity contribution < 1.29 is 58.5 Å². The van der Waals surface area contributed by atoms with Crippen molar-refractivity contribution in [3.05, 3.63) is 0 Å². The quantitative estimate of drug-likeness (QED) is 0.0418. The molecule has 8 atom stereocenters. The number of Topliss-reactive ketones (excluding diaryl/α,β-unsaturated/α-hetero) is 3. The molecule has 1 aliphatic carbocycles. The Hall–Kier alpha value is -3.63. The molecule has 63 heavy (non-hydrogen) atoms. The monoisotopic (exact) mass is 927 g/mol. The predicted octanol–water partition coefficient (Wildman–Crippen LogP) is 0.336. The SMILES string of the molecule is CCCC(NC(=O)[C@@H]1CC2(CN1C(=O)C(N[C@@H](O)C(N[C@H](O)C(CCC(C)=O)NC(=O)C(CCC(C)=O)NC(C)=O)C(C)C)C1CCCCC1)SCCS2)C(=O)C(=O)NCC(=O)O. The van der Waals surface area contributed by atoms with Crippen LogP contribution in [0, 0.1) is 11.8 Å². The van der Waals surface area contributed by atoms with E-state index in [1.165, 1.54) is 25.7 Å². The summed E-state index contributed by atoms with van der Waals surface area (Å²) in [6.45, 7) is 8.75. The fourth-order valence-corrected chi connectivity index (χ4v) is 11.6. The highest BCUT2D eigenvalue weighted by Crippen LogP contribution is 2.52. The number of nitrogens with one attached hydrogen (secondary N) is 6. The predicted molar refractivity (Wildman–Crippen MR) is 237 cm³/mol. The molecule has 0 aromatic rings. The van der Waals surface area contributed by atoms with E-state index < -0.39 is 101 Å². The number of ketones is 3. The summed E-state index contributed by atoms with van der Waals surface area (Å²) in [5, 5.41) is 48.8. The minimum Gasteiger partial charge on any atom is -0.480 e. The van der Waals surface area contributed by atoms with Crippen LogP contribution in [-0.2, 0) is 43.2 Å². The molecule has 0 aromatic heterocycles. The number of aliphatic hydroxyl groups is 2. The Kier molecular flexibility index (Phi) is 22.0. The molecule has 1 saturated carbocycles. The fraction of sp³-hybridized carbons (Fsp3) is 0.786. The number of hydrogen-bond donors (Lipinski definition) is 9. The van der Waals surface area contributed by atoms with Crippen LogP contribution < -0.4 is 31.9 Å². The second kappa shape index (κ2) is 25.8. The number of carbonyl (C=O) groups excluding carboxylic acids is 8. The number of aliphatic hydroxyl groups excluding tert-OH is 2. The van der Waals surface area contributed by atoms with Crippen molar-refractivity contribution in [2.75, 3.05) is 24.6 Å². The van der Waals surface area contributed by atoms with E-state index in [1.54, 1.807) is 44.3 Å². The lowest BCUT2D eigenvalue weighted by molar-refractivity contribution is -0.145. The third-order valence-corrected chi connectivity index (χ3v) is 15.1. The van der Waals surface area contributed by atoms with Crippen LogP contribution in [0.4, 0.5) is 0 Å². The first kappa shape index (κ1) is 53.7. The molecule has 5 unspecified atom stereocenters. The normalized spacial score (nSPS) is 20.8. The van der Waals surface area contributed by atoms with Gasteiger partial charge < -0.3 is 51.1 Å². The summed E-state index contributed by atoms with van der Waals surface area (Å²) in [7, 11) is 0. The second-order valence-electron chi connectivity index (χ2n) is 17.3. The van der Waals surface area contributed by atoms with Crippen LogP contribution in [0.15, 0.2) is 0 Å². The lowest BCUT2D eigenvalue weighted by atomic mass is 9.82. The zero-order valence-corrected chi connectivity index (χ0v) is 39.0. The first-order valence-corrected chi connectivity index (χ1v) is 24.0. The van der Waals surface area contributed by atoms with E-state index in [1.807, 2.05) is 0 Å². The molecule has 5 amide bonds. The van der Waals surface area contributed by atoms with Crippen molar-refractivity contribution in [2.24, 2.45) is 11.8 Å². The summed E-state index contributed by atoms with van der Waals surface area (Å²) in [5.41, 5.74) is 0. The molecule has 3 rings (SSSR count). The number of amides is 5. The van der Waals surface area contributed by atoms with Crippen molar-refractivity contribution >= 4 is 76.4 Å². The molecule has 0 aromatic carbocycles. The summed E-state index contributed by atoms with van der Waals surface area (Å²) in [4.78, 5) is 117. The van der Waals surface area contributed by atoms with E-state index in [4.69, 9.17) is 5.11 Å². The summed E-state index contributed by atoms with van der Waals surface area (Å²) in [6, 6.07) is -6.37. The molecule has 9 N–H and O–H groups in total. The number of hydrogen-bond acceptors (Lipinski definition) is 15. The molecular formula is C42H69N7O12S2. The first-order valence-electron chi connectivity index (χ1n) is 22.1. The number of carboxylic acid groups (broad SMARTS) is 1. The van der Waals surface area contributed by atoms with Gasteiger partial charge in [-0.15, -0.1) is 23.5 Å². The molecule has 2 aliphatic heterocycles. The van der Waals surface area contributed by atoms with Crippen molar-refractivity contribution in [2.45, 2.75) is 171 Å². The van der Waals surface area contributed by atoms with E-state index in [2.05, 4.69) is 31.9 Å². The van der Waals surface area contributed by atoms with Crippen molar-refractivity contribution in [3.63, 3.8) is 0 Å². The largest absolute Gasteiger partial charge is 0.480 e. The Morgan fingerprint density at radius 1 is 0.778 bits per heavy atom. The van der Waals surface area contributed by atoms with Crippen LogP contribution in [0.3, 0.4) is 0 Å². The zero-order chi connectivity index (χ0) is 47.0. The number of carboxylic acids is 1. The maximum Gasteiger partial charge on any atom is 0.322 e. The van der Waals surface area contributed by atoms with Gasteiger partial charge in [-0.1, -0.05) is 46.5 Å². The molecule has 356 valence electrons. The van der Waals surface area contributed by atoms with Crippen LogP contribution >= 0.6 is 23.5 Å². The molecule has 19 nitrogen and oxygen atoms in total.